The van der Waals surface area contributed by atoms with Gasteiger partial charge in [0.2, 0.25) is 0 Å². The van der Waals surface area contributed by atoms with Crippen LogP contribution >= 0.6 is 22.9 Å². The lowest BCUT2D eigenvalue weighted by atomic mass is 9.93. The second kappa shape index (κ2) is 6.03. The van der Waals surface area contributed by atoms with Gasteiger partial charge >= 0.3 is 0 Å². The number of rotatable bonds is 3. The fraction of sp³-hybridized carbons (Fsp3) is 0.375. The van der Waals surface area contributed by atoms with E-state index >= 15 is 0 Å². The molecule has 0 saturated carbocycles. The topological polar surface area (TPSA) is 12.0 Å². The van der Waals surface area contributed by atoms with Crippen molar-refractivity contribution >= 4 is 22.9 Å². The lowest BCUT2D eigenvalue weighted by Gasteiger charge is -2.27. The molecule has 2 atom stereocenters. The molecule has 1 heterocycles. The maximum absolute atomic E-state index is 13.9. The largest absolute Gasteiger partial charge is 0.303 e. The zero-order chi connectivity index (χ0) is 15.0. The molecule has 2 unspecified atom stereocenters. The molecule has 1 nitrogen and oxygen atoms in total. The normalized spacial score (nSPS) is 19.3. The summed E-state index contributed by atoms with van der Waals surface area (Å²) < 4.78 is 27.7. The van der Waals surface area contributed by atoms with E-state index in [2.05, 4.69) is 5.32 Å². The van der Waals surface area contributed by atoms with E-state index in [1.54, 1.807) is 11.3 Å². The van der Waals surface area contributed by atoms with Crippen LogP contribution in [0.25, 0.3) is 0 Å². The highest BCUT2D eigenvalue weighted by Crippen LogP contribution is 2.38. The molecule has 0 spiro atoms. The third-order valence-corrected chi connectivity index (χ3v) is 5.30. The first-order valence-corrected chi connectivity index (χ1v) is 8.23. The van der Waals surface area contributed by atoms with Gasteiger partial charge in [0.25, 0.3) is 0 Å². The number of halogens is 3. The van der Waals surface area contributed by atoms with E-state index in [9.17, 15) is 8.78 Å². The third-order valence-electron chi connectivity index (χ3n) is 3.96. The summed E-state index contributed by atoms with van der Waals surface area (Å²) in [7, 11) is 0. The molecule has 1 aliphatic rings. The summed E-state index contributed by atoms with van der Waals surface area (Å²) >= 11 is 7.73. The number of thiophene rings is 1. The van der Waals surface area contributed by atoms with Crippen molar-refractivity contribution < 1.29 is 8.78 Å². The Labute approximate surface area is 131 Å². The van der Waals surface area contributed by atoms with Crippen LogP contribution in [0.5, 0.6) is 0 Å². The zero-order valence-electron chi connectivity index (χ0n) is 11.6. The Hall–Kier alpha value is -0.970. The molecule has 1 N–H and O–H groups in total. The fourth-order valence-electron chi connectivity index (χ4n) is 2.94. The number of benzene rings is 1. The van der Waals surface area contributed by atoms with Gasteiger partial charge in [0.15, 0.2) is 0 Å². The van der Waals surface area contributed by atoms with Gasteiger partial charge in [-0.25, -0.2) is 8.78 Å². The Morgan fingerprint density at radius 1 is 1.33 bits per heavy atom. The first kappa shape index (κ1) is 14.9. The lowest BCUT2D eigenvalue weighted by molar-refractivity contribution is 0.409. The van der Waals surface area contributed by atoms with Crippen LogP contribution in [0.15, 0.2) is 24.3 Å². The van der Waals surface area contributed by atoms with E-state index in [-0.39, 0.29) is 12.1 Å². The van der Waals surface area contributed by atoms with Crippen LogP contribution < -0.4 is 5.32 Å². The maximum atomic E-state index is 13.9. The summed E-state index contributed by atoms with van der Waals surface area (Å²) in [5, 5.41) is 3.45. The van der Waals surface area contributed by atoms with Crippen molar-refractivity contribution in [3.05, 3.63) is 56.2 Å². The first-order valence-electron chi connectivity index (χ1n) is 7.03. The minimum absolute atomic E-state index is 0.178. The summed E-state index contributed by atoms with van der Waals surface area (Å²) in [6.07, 6.45) is 3.16. The lowest BCUT2D eigenvalue weighted by Crippen LogP contribution is -2.27. The van der Waals surface area contributed by atoms with Crippen molar-refractivity contribution in [1.29, 1.82) is 0 Å². The molecule has 21 heavy (non-hydrogen) atoms. The highest BCUT2D eigenvalue weighted by molar-refractivity contribution is 7.16. The van der Waals surface area contributed by atoms with Gasteiger partial charge in [-0.15, -0.1) is 11.3 Å². The van der Waals surface area contributed by atoms with E-state index in [0.29, 0.717) is 5.56 Å². The Balaban J connectivity index is 1.80. The van der Waals surface area contributed by atoms with Gasteiger partial charge in [0.05, 0.1) is 4.34 Å². The summed E-state index contributed by atoms with van der Waals surface area (Å²) in [6, 6.07) is 5.74. The SMILES string of the molecule is CC(NC1CCCc2sc(Cl)cc21)c1ccc(F)cc1F. The van der Waals surface area contributed by atoms with Gasteiger partial charge in [0, 0.05) is 28.6 Å². The first-order chi connectivity index (χ1) is 10.0. The van der Waals surface area contributed by atoms with Crippen molar-refractivity contribution in [1.82, 2.24) is 5.32 Å². The van der Waals surface area contributed by atoms with Crippen molar-refractivity contribution in [3.63, 3.8) is 0 Å². The summed E-state index contributed by atoms with van der Waals surface area (Å²) in [5.74, 6) is -1.05. The predicted molar refractivity (Wildman–Crippen MR) is 82.9 cm³/mol. The average Bonchev–Trinajstić information content (AvgIpc) is 2.80. The van der Waals surface area contributed by atoms with E-state index in [1.807, 2.05) is 13.0 Å². The van der Waals surface area contributed by atoms with E-state index in [4.69, 9.17) is 11.6 Å². The smallest absolute Gasteiger partial charge is 0.130 e. The standard InChI is InChI=1S/C16H16ClF2NS/c1-9(11-6-5-10(18)7-13(11)19)20-14-3-2-4-15-12(14)8-16(17)21-15/h5-9,14,20H,2-4H2,1H3. The average molecular weight is 328 g/mol. The Morgan fingerprint density at radius 2 is 2.14 bits per heavy atom. The number of nitrogens with one attached hydrogen (secondary N) is 1. The Morgan fingerprint density at radius 3 is 2.90 bits per heavy atom. The van der Waals surface area contributed by atoms with Gasteiger partial charge in [-0.1, -0.05) is 17.7 Å². The molecule has 0 radical (unpaired) electrons. The van der Waals surface area contributed by atoms with Crippen molar-refractivity contribution in [2.24, 2.45) is 0 Å². The van der Waals surface area contributed by atoms with Crippen LogP contribution in [0.4, 0.5) is 8.78 Å². The maximum Gasteiger partial charge on any atom is 0.130 e. The highest BCUT2D eigenvalue weighted by atomic mass is 35.5. The van der Waals surface area contributed by atoms with Crippen LogP contribution in [0.1, 0.15) is 47.9 Å². The van der Waals surface area contributed by atoms with Gasteiger partial charge in [-0.3, -0.25) is 0 Å². The quantitative estimate of drug-likeness (QED) is 0.795. The Kier molecular flexibility index (Phi) is 4.29. The molecule has 1 aliphatic carbocycles. The number of aryl methyl sites for hydroxylation is 1. The molecule has 2 aromatic rings. The molecule has 1 aromatic carbocycles. The minimum Gasteiger partial charge on any atom is -0.303 e. The number of hydrogen-bond donors (Lipinski definition) is 1. The molecular weight excluding hydrogens is 312 g/mol. The predicted octanol–water partition coefficient (Wildman–Crippen LogP) is 5.41. The number of fused-ring (bicyclic) bond motifs is 1. The van der Waals surface area contributed by atoms with Crippen LogP contribution in [0.3, 0.4) is 0 Å². The minimum atomic E-state index is -0.548. The molecule has 0 bridgehead atoms. The van der Waals surface area contributed by atoms with Crippen LogP contribution in [0.2, 0.25) is 4.34 Å². The second-order valence-corrected chi connectivity index (χ2v) is 7.20. The van der Waals surface area contributed by atoms with Crippen molar-refractivity contribution in [2.75, 3.05) is 0 Å². The molecule has 0 fully saturated rings. The molecule has 0 aliphatic heterocycles. The molecule has 0 amide bonds. The molecule has 1 aromatic heterocycles. The van der Waals surface area contributed by atoms with E-state index < -0.39 is 11.6 Å². The third kappa shape index (κ3) is 3.12. The fourth-order valence-corrected chi connectivity index (χ4v) is 4.32. The van der Waals surface area contributed by atoms with E-state index in [1.165, 1.54) is 22.6 Å². The zero-order valence-corrected chi connectivity index (χ0v) is 13.2. The molecule has 112 valence electrons. The van der Waals surface area contributed by atoms with Crippen LogP contribution in [-0.2, 0) is 6.42 Å². The van der Waals surface area contributed by atoms with Crippen LogP contribution in [0, 0.1) is 11.6 Å². The summed E-state index contributed by atoms with van der Waals surface area (Å²) in [5.41, 5.74) is 1.72. The Bertz CT molecular complexity index is 656. The number of hydrogen-bond acceptors (Lipinski definition) is 2. The summed E-state index contributed by atoms with van der Waals surface area (Å²) in [4.78, 5) is 1.32. The van der Waals surface area contributed by atoms with Gasteiger partial charge in [-0.2, -0.15) is 0 Å². The molecule has 5 heteroatoms. The van der Waals surface area contributed by atoms with E-state index in [0.717, 1.165) is 29.7 Å². The van der Waals surface area contributed by atoms with Crippen molar-refractivity contribution in [3.8, 4) is 0 Å². The molecule has 0 saturated heterocycles. The highest BCUT2D eigenvalue weighted by Gasteiger charge is 2.25. The summed E-state index contributed by atoms with van der Waals surface area (Å²) in [6.45, 7) is 1.90. The molecular formula is C16H16ClF2NS. The van der Waals surface area contributed by atoms with Gasteiger partial charge in [-0.05, 0) is 43.9 Å². The van der Waals surface area contributed by atoms with Gasteiger partial charge in [0.1, 0.15) is 11.6 Å². The molecule has 3 rings (SSSR count). The monoisotopic (exact) mass is 327 g/mol. The second-order valence-electron chi connectivity index (χ2n) is 5.43. The van der Waals surface area contributed by atoms with Crippen LogP contribution in [-0.4, -0.2) is 0 Å². The van der Waals surface area contributed by atoms with Gasteiger partial charge < -0.3 is 5.32 Å². The van der Waals surface area contributed by atoms with Crippen molar-refractivity contribution in [2.45, 2.75) is 38.3 Å².